The highest BCUT2D eigenvalue weighted by molar-refractivity contribution is 5.75. The summed E-state index contributed by atoms with van der Waals surface area (Å²) in [5.41, 5.74) is -0.547. The van der Waals surface area contributed by atoms with Crippen molar-refractivity contribution in [2.24, 2.45) is 35.0 Å². The zero-order valence-electron chi connectivity index (χ0n) is 12.1. The maximum atomic E-state index is 11.9. The first-order valence-corrected chi connectivity index (χ1v) is 7.89. The van der Waals surface area contributed by atoms with Crippen LogP contribution in [0.4, 0.5) is 0 Å². The second kappa shape index (κ2) is 4.64. The third kappa shape index (κ3) is 2.04. The van der Waals surface area contributed by atoms with Gasteiger partial charge in [-0.2, -0.15) is 0 Å². The maximum absolute atomic E-state index is 11.9. The fourth-order valence-electron chi connectivity index (χ4n) is 5.69. The lowest BCUT2D eigenvalue weighted by molar-refractivity contribution is -0.164. The van der Waals surface area contributed by atoms with Crippen LogP contribution in [0.25, 0.3) is 0 Å². The summed E-state index contributed by atoms with van der Waals surface area (Å²) in [6.07, 6.45) is 11.4. The van der Waals surface area contributed by atoms with Gasteiger partial charge in [0, 0.05) is 0 Å². The third-order valence-electron chi connectivity index (χ3n) is 6.23. The van der Waals surface area contributed by atoms with Crippen LogP contribution in [-0.2, 0) is 4.79 Å². The molecule has 0 radical (unpaired) electrons. The van der Waals surface area contributed by atoms with Crippen LogP contribution < -0.4 is 0 Å². The molecule has 0 aromatic carbocycles. The Labute approximate surface area is 116 Å². The fraction of sp³-hybridized carbons (Fsp3) is 0.824. The fourth-order valence-corrected chi connectivity index (χ4v) is 5.69. The zero-order valence-corrected chi connectivity index (χ0v) is 12.1. The van der Waals surface area contributed by atoms with E-state index in [0.29, 0.717) is 24.2 Å². The van der Waals surface area contributed by atoms with Crippen LogP contribution in [0.5, 0.6) is 0 Å². The molecular weight excluding hydrogens is 236 g/mol. The highest BCUT2D eigenvalue weighted by atomic mass is 16.4. The molecule has 4 bridgehead atoms. The summed E-state index contributed by atoms with van der Waals surface area (Å²) in [6.45, 7) is 3.99. The van der Waals surface area contributed by atoms with E-state index in [9.17, 15) is 9.90 Å². The molecule has 19 heavy (non-hydrogen) atoms. The lowest BCUT2D eigenvalue weighted by Gasteiger charge is -2.58. The molecule has 4 fully saturated rings. The number of hydrogen-bond donors (Lipinski definition) is 1. The number of rotatable bonds is 4. The minimum absolute atomic E-state index is 0.411. The predicted molar refractivity (Wildman–Crippen MR) is 75.7 cm³/mol. The van der Waals surface area contributed by atoms with E-state index in [4.69, 9.17) is 0 Å². The SMILES string of the molecule is C/C=C/CC(C)(C(=O)O)C1C2CC3CC(C2)CC1C3. The van der Waals surface area contributed by atoms with Gasteiger partial charge in [-0.3, -0.25) is 4.79 Å². The van der Waals surface area contributed by atoms with Crippen LogP contribution in [0.3, 0.4) is 0 Å². The quantitative estimate of drug-likeness (QED) is 0.774. The standard InChI is InChI=1S/C17H26O2/c1-3-4-5-17(2,16(18)19)15-13-7-11-6-12(9-13)10-14(15)8-11/h3-4,11-15H,5-10H2,1-2H3,(H,18,19)/b4-3+. The number of hydrogen-bond acceptors (Lipinski definition) is 1. The lowest BCUT2D eigenvalue weighted by atomic mass is 9.46. The summed E-state index contributed by atoms with van der Waals surface area (Å²) in [4.78, 5) is 11.9. The zero-order chi connectivity index (χ0) is 13.6. The van der Waals surface area contributed by atoms with E-state index in [-0.39, 0.29) is 0 Å². The molecule has 4 aliphatic rings. The largest absolute Gasteiger partial charge is 0.481 e. The number of allylic oxidation sites excluding steroid dienone is 2. The average molecular weight is 262 g/mol. The van der Waals surface area contributed by atoms with E-state index < -0.39 is 11.4 Å². The van der Waals surface area contributed by atoms with Crippen molar-refractivity contribution in [2.75, 3.05) is 0 Å². The molecule has 0 aromatic rings. The van der Waals surface area contributed by atoms with Crippen LogP contribution in [0, 0.1) is 35.0 Å². The summed E-state index contributed by atoms with van der Waals surface area (Å²) < 4.78 is 0. The first-order valence-electron chi connectivity index (χ1n) is 7.89. The van der Waals surface area contributed by atoms with Gasteiger partial charge in [-0.25, -0.2) is 0 Å². The lowest BCUT2D eigenvalue weighted by Crippen LogP contribution is -2.53. The molecule has 0 aliphatic heterocycles. The Balaban J connectivity index is 1.88. The molecule has 0 saturated heterocycles. The second-order valence-electron chi connectivity index (χ2n) is 7.45. The first kappa shape index (κ1) is 13.2. The monoisotopic (exact) mass is 262 g/mol. The number of aliphatic carboxylic acids is 1. The predicted octanol–water partition coefficient (Wildman–Crippen LogP) is 4.12. The average Bonchev–Trinajstić information content (AvgIpc) is 2.34. The molecule has 0 spiro atoms. The van der Waals surface area contributed by atoms with Gasteiger partial charge < -0.3 is 5.11 Å². The summed E-state index contributed by atoms with van der Waals surface area (Å²) in [6, 6.07) is 0. The topological polar surface area (TPSA) is 37.3 Å². The van der Waals surface area contributed by atoms with Crippen LogP contribution in [0.15, 0.2) is 12.2 Å². The van der Waals surface area contributed by atoms with Gasteiger partial charge in [0.2, 0.25) is 0 Å². The highest BCUT2D eigenvalue weighted by Crippen LogP contribution is 2.61. The molecule has 0 aromatic heterocycles. The van der Waals surface area contributed by atoms with E-state index in [1.165, 1.54) is 32.1 Å². The molecule has 4 rings (SSSR count). The molecule has 2 nitrogen and oxygen atoms in total. The van der Waals surface area contributed by atoms with Crippen molar-refractivity contribution in [3.8, 4) is 0 Å². The minimum Gasteiger partial charge on any atom is -0.481 e. The van der Waals surface area contributed by atoms with Crippen molar-refractivity contribution in [2.45, 2.75) is 52.4 Å². The van der Waals surface area contributed by atoms with Gasteiger partial charge in [-0.1, -0.05) is 12.2 Å². The van der Waals surface area contributed by atoms with Gasteiger partial charge in [0.25, 0.3) is 0 Å². The first-order chi connectivity index (χ1) is 9.04. The number of carbonyl (C=O) groups is 1. The molecule has 1 atom stereocenters. The minimum atomic E-state index is -0.580. The molecule has 0 heterocycles. The normalized spacial score (nSPS) is 43.6. The van der Waals surface area contributed by atoms with Crippen molar-refractivity contribution < 1.29 is 9.90 Å². The van der Waals surface area contributed by atoms with Crippen molar-refractivity contribution in [1.29, 1.82) is 0 Å². The molecule has 0 amide bonds. The van der Waals surface area contributed by atoms with E-state index in [1.807, 2.05) is 19.9 Å². The van der Waals surface area contributed by atoms with Crippen LogP contribution >= 0.6 is 0 Å². The Hall–Kier alpha value is -0.790. The molecule has 1 unspecified atom stereocenters. The van der Waals surface area contributed by atoms with Gasteiger partial charge in [0.1, 0.15) is 0 Å². The van der Waals surface area contributed by atoms with Crippen molar-refractivity contribution in [3.05, 3.63) is 12.2 Å². The third-order valence-corrected chi connectivity index (χ3v) is 6.23. The second-order valence-corrected chi connectivity index (χ2v) is 7.45. The number of carboxylic acid groups (broad SMARTS) is 1. The highest BCUT2D eigenvalue weighted by Gasteiger charge is 2.56. The van der Waals surface area contributed by atoms with Crippen molar-refractivity contribution in [3.63, 3.8) is 0 Å². The Kier molecular flexibility index (Phi) is 3.23. The summed E-state index contributed by atoms with van der Waals surface area (Å²) in [5, 5.41) is 9.81. The van der Waals surface area contributed by atoms with E-state index in [0.717, 1.165) is 11.8 Å². The van der Waals surface area contributed by atoms with Crippen LogP contribution in [0.2, 0.25) is 0 Å². The van der Waals surface area contributed by atoms with Gasteiger partial charge in [-0.05, 0) is 82.0 Å². The van der Waals surface area contributed by atoms with E-state index in [2.05, 4.69) is 6.08 Å². The molecule has 2 heteroatoms. The molecule has 4 saturated carbocycles. The smallest absolute Gasteiger partial charge is 0.309 e. The number of carboxylic acids is 1. The molecule has 1 N–H and O–H groups in total. The summed E-state index contributed by atoms with van der Waals surface area (Å²) >= 11 is 0. The Morgan fingerprint density at radius 1 is 1.16 bits per heavy atom. The Morgan fingerprint density at radius 2 is 1.68 bits per heavy atom. The maximum Gasteiger partial charge on any atom is 0.309 e. The van der Waals surface area contributed by atoms with Gasteiger partial charge in [0.15, 0.2) is 0 Å². The van der Waals surface area contributed by atoms with Crippen LogP contribution in [-0.4, -0.2) is 11.1 Å². The van der Waals surface area contributed by atoms with Gasteiger partial charge >= 0.3 is 5.97 Å². The van der Waals surface area contributed by atoms with Gasteiger partial charge in [-0.15, -0.1) is 0 Å². The molecular formula is C17H26O2. The molecule has 4 aliphatic carbocycles. The van der Waals surface area contributed by atoms with Crippen molar-refractivity contribution in [1.82, 2.24) is 0 Å². The van der Waals surface area contributed by atoms with Crippen molar-refractivity contribution >= 4 is 5.97 Å². The van der Waals surface area contributed by atoms with Crippen LogP contribution in [0.1, 0.15) is 52.4 Å². The molecule has 106 valence electrons. The van der Waals surface area contributed by atoms with E-state index in [1.54, 1.807) is 0 Å². The summed E-state index contributed by atoms with van der Waals surface area (Å²) in [7, 11) is 0. The van der Waals surface area contributed by atoms with Gasteiger partial charge in [0.05, 0.1) is 5.41 Å². The Bertz CT molecular complexity index is 370. The Morgan fingerprint density at radius 3 is 2.11 bits per heavy atom. The van der Waals surface area contributed by atoms with E-state index >= 15 is 0 Å². The summed E-state index contributed by atoms with van der Waals surface area (Å²) in [5.74, 6) is 3.03.